The minimum Gasteiger partial charge on any atom is -0.502 e. The highest BCUT2D eigenvalue weighted by Gasteiger charge is 2.16. The lowest BCUT2D eigenvalue weighted by atomic mass is 10.2. The second-order valence-corrected chi connectivity index (χ2v) is 3.51. The number of anilines is 1. The molecule has 0 spiro atoms. The molecule has 0 aliphatic carbocycles. The number of aromatic hydroxyl groups is 1. The van der Waals surface area contributed by atoms with Crippen LogP contribution in [0.25, 0.3) is 0 Å². The van der Waals surface area contributed by atoms with Crippen LogP contribution in [-0.4, -0.2) is 25.9 Å². The van der Waals surface area contributed by atoms with Crippen LogP contribution < -0.4 is 5.32 Å². The number of hydrogen-bond acceptors (Lipinski definition) is 6. The van der Waals surface area contributed by atoms with Crippen molar-refractivity contribution in [3.63, 3.8) is 0 Å². The van der Waals surface area contributed by atoms with E-state index in [1.165, 1.54) is 24.7 Å². The number of nitrogens with zero attached hydrogens (tertiary/aromatic N) is 3. The monoisotopic (exact) mass is 260 g/mol. The molecular weight excluding hydrogens is 252 g/mol. The zero-order chi connectivity index (χ0) is 13.8. The molecule has 0 unspecified atom stereocenters. The Kier molecular flexibility index (Phi) is 3.33. The molecule has 0 saturated carbocycles. The molecule has 0 aliphatic heterocycles. The summed E-state index contributed by atoms with van der Waals surface area (Å²) in [5, 5.41) is 22.4. The van der Waals surface area contributed by atoms with Crippen LogP contribution >= 0.6 is 0 Å². The van der Waals surface area contributed by atoms with Crippen LogP contribution in [0.15, 0.2) is 36.8 Å². The largest absolute Gasteiger partial charge is 0.502 e. The minimum absolute atomic E-state index is 0.0775. The first kappa shape index (κ1) is 12.4. The van der Waals surface area contributed by atoms with Crippen molar-refractivity contribution in [1.29, 1.82) is 0 Å². The van der Waals surface area contributed by atoms with E-state index in [-0.39, 0.29) is 11.4 Å². The topological polar surface area (TPSA) is 118 Å². The van der Waals surface area contributed by atoms with Gasteiger partial charge >= 0.3 is 5.69 Å². The van der Waals surface area contributed by atoms with E-state index >= 15 is 0 Å². The third-order valence-electron chi connectivity index (χ3n) is 2.24. The van der Waals surface area contributed by atoms with Crippen LogP contribution in [0.4, 0.5) is 11.5 Å². The van der Waals surface area contributed by atoms with Gasteiger partial charge in [-0.05, 0) is 12.1 Å². The van der Waals surface area contributed by atoms with E-state index in [9.17, 15) is 20.0 Å². The molecule has 96 valence electrons. The van der Waals surface area contributed by atoms with Crippen molar-refractivity contribution in [1.82, 2.24) is 9.97 Å². The number of phenolic OH excluding ortho intramolecular Hbond substituents is 1. The molecule has 19 heavy (non-hydrogen) atoms. The van der Waals surface area contributed by atoms with Gasteiger partial charge in [0.2, 0.25) is 0 Å². The highest BCUT2D eigenvalue weighted by Crippen LogP contribution is 2.26. The molecule has 1 amide bonds. The molecule has 1 aromatic carbocycles. The van der Waals surface area contributed by atoms with Gasteiger partial charge < -0.3 is 10.4 Å². The van der Waals surface area contributed by atoms with Gasteiger partial charge in [-0.3, -0.25) is 19.9 Å². The van der Waals surface area contributed by atoms with Crippen LogP contribution in [0.3, 0.4) is 0 Å². The number of amides is 1. The first-order valence-electron chi connectivity index (χ1n) is 5.12. The van der Waals surface area contributed by atoms with Crippen LogP contribution in [0.2, 0.25) is 0 Å². The van der Waals surface area contributed by atoms with Gasteiger partial charge in [0.25, 0.3) is 5.91 Å². The summed E-state index contributed by atoms with van der Waals surface area (Å²) < 4.78 is 0. The van der Waals surface area contributed by atoms with Gasteiger partial charge in [0.05, 0.1) is 11.1 Å². The summed E-state index contributed by atoms with van der Waals surface area (Å²) in [4.78, 5) is 29.2. The number of hydrogen-bond donors (Lipinski definition) is 2. The minimum atomic E-state index is -0.736. The summed E-state index contributed by atoms with van der Waals surface area (Å²) in [5.41, 5.74) is -0.384. The maximum absolute atomic E-state index is 11.8. The van der Waals surface area contributed by atoms with E-state index in [2.05, 4.69) is 15.3 Å². The Labute approximate surface area is 106 Å². The Morgan fingerprint density at radius 2 is 2.16 bits per heavy atom. The van der Waals surface area contributed by atoms with Gasteiger partial charge in [-0.2, -0.15) is 0 Å². The van der Waals surface area contributed by atoms with Crippen LogP contribution in [0.5, 0.6) is 5.75 Å². The summed E-state index contributed by atoms with van der Waals surface area (Å²) in [6.45, 7) is 0. The third-order valence-corrected chi connectivity index (χ3v) is 2.24. The van der Waals surface area contributed by atoms with Gasteiger partial charge in [0, 0.05) is 24.0 Å². The number of aromatic nitrogens is 2. The van der Waals surface area contributed by atoms with E-state index < -0.39 is 22.3 Å². The zero-order valence-corrected chi connectivity index (χ0v) is 9.48. The van der Waals surface area contributed by atoms with Crippen molar-refractivity contribution in [2.45, 2.75) is 0 Å². The number of nitro groups is 1. The van der Waals surface area contributed by atoms with Gasteiger partial charge in [0.15, 0.2) is 11.6 Å². The van der Waals surface area contributed by atoms with Crippen LogP contribution in [0, 0.1) is 10.1 Å². The second-order valence-electron chi connectivity index (χ2n) is 3.51. The quantitative estimate of drug-likeness (QED) is 0.635. The predicted molar refractivity (Wildman–Crippen MR) is 64.7 cm³/mol. The standard InChI is InChI=1S/C11H8N4O4/c16-9-5-7(1-2-8(9)15(18)19)11(17)14-10-6-12-3-4-13-10/h1-6,16H,(H,13,14,17). The van der Waals surface area contributed by atoms with E-state index in [1.807, 2.05) is 0 Å². The number of rotatable bonds is 3. The predicted octanol–water partition coefficient (Wildman–Crippen LogP) is 1.34. The van der Waals surface area contributed by atoms with Gasteiger partial charge in [-0.15, -0.1) is 0 Å². The number of phenols is 1. The average Bonchev–Trinajstić information content (AvgIpc) is 2.39. The van der Waals surface area contributed by atoms with Crippen molar-refractivity contribution in [3.05, 3.63) is 52.5 Å². The van der Waals surface area contributed by atoms with Crippen LogP contribution in [-0.2, 0) is 0 Å². The highest BCUT2D eigenvalue weighted by molar-refractivity contribution is 6.04. The molecule has 0 aliphatic rings. The molecule has 1 aromatic heterocycles. The molecule has 8 heteroatoms. The summed E-state index contributed by atoms with van der Waals surface area (Å²) >= 11 is 0. The van der Waals surface area contributed by atoms with Crippen molar-refractivity contribution in [2.24, 2.45) is 0 Å². The van der Waals surface area contributed by atoms with E-state index in [4.69, 9.17) is 0 Å². The Hall–Kier alpha value is -3.03. The van der Waals surface area contributed by atoms with E-state index in [0.29, 0.717) is 0 Å². The van der Waals surface area contributed by atoms with Gasteiger partial charge in [-0.25, -0.2) is 4.98 Å². The lowest BCUT2D eigenvalue weighted by molar-refractivity contribution is -0.385. The Morgan fingerprint density at radius 1 is 1.37 bits per heavy atom. The number of benzene rings is 1. The summed E-state index contributed by atoms with van der Waals surface area (Å²) in [6.07, 6.45) is 4.21. The SMILES string of the molecule is O=C(Nc1cnccn1)c1ccc([N+](=O)[O-])c(O)c1. The molecule has 0 atom stereocenters. The average molecular weight is 260 g/mol. The van der Waals surface area contributed by atoms with Gasteiger partial charge in [0.1, 0.15) is 0 Å². The smallest absolute Gasteiger partial charge is 0.310 e. The maximum Gasteiger partial charge on any atom is 0.310 e. The fourth-order valence-corrected chi connectivity index (χ4v) is 1.37. The molecule has 0 saturated heterocycles. The summed E-state index contributed by atoms with van der Waals surface area (Å²) in [7, 11) is 0. The fourth-order valence-electron chi connectivity index (χ4n) is 1.37. The zero-order valence-electron chi connectivity index (χ0n) is 9.48. The molecule has 1 heterocycles. The molecule has 8 nitrogen and oxygen atoms in total. The number of carbonyl (C=O) groups excluding carboxylic acids is 1. The van der Waals surface area contributed by atoms with Crippen molar-refractivity contribution in [3.8, 4) is 5.75 Å². The first-order chi connectivity index (χ1) is 9.08. The van der Waals surface area contributed by atoms with Crippen LogP contribution in [0.1, 0.15) is 10.4 Å². The summed E-state index contributed by atoms with van der Waals surface area (Å²) in [5.74, 6) is -0.882. The molecule has 0 bridgehead atoms. The normalized spacial score (nSPS) is 9.89. The Morgan fingerprint density at radius 3 is 2.74 bits per heavy atom. The molecule has 2 N–H and O–H groups in total. The van der Waals surface area contributed by atoms with Crippen molar-refractivity contribution >= 4 is 17.4 Å². The number of nitro benzene ring substituents is 1. The van der Waals surface area contributed by atoms with E-state index in [0.717, 1.165) is 12.1 Å². The highest BCUT2D eigenvalue weighted by atomic mass is 16.6. The maximum atomic E-state index is 11.8. The fraction of sp³-hybridized carbons (Fsp3) is 0. The second kappa shape index (κ2) is 5.08. The lowest BCUT2D eigenvalue weighted by Gasteiger charge is -2.04. The van der Waals surface area contributed by atoms with E-state index in [1.54, 1.807) is 0 Å². The molecular formula is C11H8N4O4. The third kappa shape index (κ3) is 2.80. The first-order valence-corrected chi connectivity index (χ1v) is 5.12. The Balaban J connectivity index is 2.21. The molecule has 0 fully saturated rings. The van der Waals surface area contributed by atoms with Crippen molar-refractivity contribution in [2.75, 3.05) is 5.32 Å². The Bertz CT molecular complexity index is 630. The molecule has 0 radical (unpaired) electrons. The molecule has 2 rings (SSSR count). The van der Waals surface area contributed by atoms with Gasteiger partial charge in [-0.1, -0.05) is 0 Å². The number of carbonyl (C=O) groups is 1. The lowest BCUT2D eigenvalue weighted by Crippen LogP contribution is -2.13. The molecule has 2 aromatic rings. The summed E-state index contributed by atoms with van der Waals surface area (Å²) in [6, 6.07) is 3.31. The van der Waals surface area contributed by atoms with Crippen molar-refractivity contribution < 1.29 is 14.8 Å². The number of nitrogens with one attached hydrogen (secondary N) is 1.